The molecule has 0 spiro atoms. The lowest BCUT2D eigenvalue weighted by molar-refractivity contribution is -0.0658. The quantitative estimate of drug-likeness (QED) is 0.140. The highest BCUT2D eigenvalue weighted by molar-refractivity contribution is 5.13. The molecular formula is C57H104F10O. The largest absolute Gasteiger partial charge is 0.381 e. The monoisotopic (exact) mass is 995 g/mol. The van der Waals surface area contributed by atoms with E-state index in [0.29, 0.717) is 24.2 Å². The van der Waals surface area contributed by atoms with Gasteiger partial charge in [0.2, 0.25) is 0 Å². The van der Waals surface area contributed by atoms with Crippen LogP contribution in [-0.2, 0) is 4.74 Å². The van der Waals surface area contributed by atoms with Crippen LogP contribution in [0.5, 0.6) is 0 Å². The molecule has 3 atom stereocenters. The van der Waals surface area contributed by atoms with Gasteiger partial charge in [-0.15, -0.1) is 0 Å². The minimum atomic E-state index is -3.74. The van der Waals surface area contributed by atoms with Gasteiger partial charge >= 0.3 is 11.8 Å². The van der Waals surface area contributed by atoms with Gasteiger partial charge in [-0.05, 0) is 136 Å². The zero-order chi connectivity index (χ0) is 52.5. The molecule has 0 amide bonds. The maximum Gasteiger partial charge on any atom is 0.319 e. The fraction of sp³-hybridized carbons (Fsp3) is 1.00. The Kier molecular flexibility index (Phi) is 28.6. The maximum absolute atomic E-state index is 12.8. The van der Waals surface area contributed by atoms with Gasteiger partial charge in [0, 0.05) is 23.7 Å². The van der Waals surface area contributed by atoms with Crippen LogP contribution in [0.2, 0.25) is 0 Å². The molecule has 0 aromatic carbocycles. The third-order valence-corrected chi connectivity index (χ3v) is 13.9. The topological polar surface area (TPSA) is 9.23 Å². The molecule has 408 valence electrons. The van der Waals surface area contributed by atoms with Gasteiger partial charge in [-0.2, -0.15) is 17.6 Å². The van der Waals surface area contributed by atoms with Crippen LogP contribution in [0.25, 0.3) is 0 Å². The predicted octanol–water partition coefficient (Wildman–Crippen LogP) is 19.8. The number of hydrogen-bond acceptors (Lipinski definition) is 1. The van der Waals surface area contributed by atoms with Gasteiger partial charge in [-0.3, -0.25) is 0 Å². The van der Waals surface area contributed by atoms with E-state index < -0.39 is 53.8 Å². The highest BCUT2D eigenvalue weighted by Gasteiger charge is 2.84. The second-order valence-electron chi connectivity index (χ2n) is 25.5. The lowest BCUT2D eigenvalue weighted by Crippen LogP contribution is -2.28. The first-order valence-corrected chi connectivity index (χ1v) is 27.5. The predicted molar refractivity (Wildman–Crippen MR) is 266 cm³/mol. The molecule has 0 bridgehead atoms. The van der Waals surface area contributed by atoms with Crippen molar-refractivity contribution in [2.75, 3.05) is 13.2 Å². The van der Waals surface area contributed by atoms with E-state index in [9.17, 15) is 43.9 Å². The number of ether oxygens (including phenoxy) is 1. The second kappa shape index (κ2) is 29.8. The van der Waals surface area contributed by atoms with Crippen molar-refractivity contribution in [2.24, 2.45) is 88.8 Å². The molecule has 8 fully saturated rings. The SMILES string of the molecule is CC(C)C(F)(F)C1CC1.CC(C)C(F)C1CC1.CC(C)CC1(F)CC1.CC(C)CC1C(F)(F)C1(F)F.CC(C)CC1C(F)C1F.CC(C)CC1CC1.CC(C)CC1CCC1.CC(C)CC1COC1. The summed E-state index contributed by atoms with van der Waals surface area (Å²) >= 11 is 0. The molecule has 3 unspecified atom stereocenters. The lowest BCUT2D eigenvalue weighted by atomic mass is 9.80. The average molecular weight is 995 g/mol. The van der Waals surface area contributed by atoms with Crippen LogP contribution in [-0.4, -0.2) is 55.2 Å². The van der Waals surface area contributed by atoms with E-state index in [-0.39, 0.29) is 30.1 Å². The molecule has 7 saturated carbocycles. The maximum atomic E-state index is 12.8. The van der Waals surface area contributed by atoms with E-state index in [1.807, 2.05) is 27.7 Å². The first-order chi connectivity index (χ1) is 31.2. The molecule has 68 heavy (non-hydrogen) atoms. The van der Waals surface area contributed by atoms with Gasteiger partial charge in [-0.1, -0.05) is 143 Å². The molecule has 0 N–H and O–H groups in total. The molecule has 11 heteroatoms. The Labute approximate surface area is 411 Å². The minimum Gasteiger partial charge on any atom is -0.381 e. The minimum absolute atomic E-state index is 0.0972. The molecular weight excluding hydrogens is 891 g/mol. The van der Waals surface area contributed by atoms with Gasteiger partial charge in [0.15, 0.2) is 0 Å². The van der Waals surface area contributed by atoms with Crippen molar-refractivity contribution in [1.82, 2.24) is 0 Å². The van der Waals surface area contributed by atoms with Crippen molar-refractivity contribution < 1.29 is 48.6 Å². The van der Waals surface area contributed by atoms with Crippen molar-refractivity contribution in [2.45, 2.75) is 262 Å². The van der Waals surface area contributed by atoms with E-state index >= 15 is 0 Å². The number of rotatable bonds is 16. The number of hydrogen-bond donors (Lipinski definition) is 0. The summed E-state index contributed by atoms with van der Waals surface area (Å²) in [5, 5.41) is 0. The third kappa shape index (κ3) is 27.4. The first kappa shape index (κ1) is 65.3. The Morgan fingerprint density at radius 3 is 1.01 bits per heavy atom. The van der Waals surface area contributed by atoms with Crippen LogP contribution in [0.1, 0.15) is 220 Å². The molecule has 1 aliphatic heterocycles. The van der Waals surface area contributed by atoms with Crippen molar-refractivity contribution in [3.63, 3.8) is 0 Å². The van der Waals surface area contributed by atoms with Crippen molar-refractivity contribution in [1.29, 1.82) is 0 Å². The zero-order valence-corrected chi connectivity index (χ0v) is 46.0. The fourth-order valence-electron chi connectivity index (χ4n) is 8.74. The van der Waals surface area contributed by atoms with E-state index in [0.717, 1.165) is 93.7 Å². The summed E-state index contributed by atoms with van der Waals surface area (Å²) in [6, 6.07) is 0. The molecule has 1 heterocycles. The standard InChI is InChI=1S/C8H16.C7H10F4.2C7H12F2.2C7H13F.C7H14O.C7H14/c1-7(2)6-8-4-3-5-8;1-4(2)3-5-6(8,9)7(5,10)11;1-5(2)7(8,9)6-3-4-6;1-4(2)3-5-6(8)7(5)9;1-6(2)5-7(8)3-4-7;1-5(2)7(8)6-3-4-6;1-6(2)3-7-4-8-5-7;1-6(2)5-7-3-4-7/h7-8H,3-6H2,1-2H3;4-5H,3H2,1-2H3;5-6H,3-4H2,1-2H3;4-7H,3H2,1-2H3;6H,3-5H2,1-2H3;5-7H,3-4H2,1-2H3;6-7H,3-5H2,1-2H3;6-7H,3-5H2,1-2H3. The number of halogens is 10. The van der Waals surface area contributed by atoms with Crippen LogP contribution >= 0.6 is 0 Å². The summed E-state index contributed by atoms with van der Waals surface area (Å²) in [5.74, 6) is -5.27. The van der Waals surface area contributed by atoms with Crippen LogP contribution in [0, 0.1) is 88.8 Å². The smallest absolute Gasteiger partial charge is 0.319 e. The summed E-state index contributed by atoms with van der Waals surface area (Å²) in [7, 11) is 0. The Morgan fingerprint density at radius 1 is 0.500 bits per heavy atom. The molecule has 0 radical (unpaired) electrons. The highest BCUT2D eigenvalue weighted by Crippen LogP contribution is 2.64. The summed E-state index contributed by atoms with van der Waals surface area (Å²) in [6.07, 6.45) is 15.7. The zero-order valence-electron chi connectivity index (χ0n) is 46.0. The Hall–Kier alpha value is -0.740. The normalized spacial score (nSPS) is 25.6. The highest BCUT2D eigenvalue weighted by atomic mass is 19.3. The van der Waals surface area contributed by atoms with Crippen LogP contribution in [0.3, 0.4) is 0 Å². The van der Waals surface area contributed by atoms with E-state index in [1.165, 1.54) is 51.4 Å². The van der Waals surface area contributed by atoms with Gasteiger partial charge in [-0.25, -0.2) is 26.3 Å². The summed E-state index contributed by atoms with van der Waals surface area (Å²) in [5.41, 5.74) is -0.728. The van der Waals surface area contributed by atoms with Gasteiger partial charge in [0.05, 0.1) is 19.1 Å². The Morgan fingerprint density at radius 2 is 0.897 bits per heavy atom. The molecule has 0 aromatic rings. The third-order valence-electron chi connectivity index (χ3n) is 13.9. The second-order valence-corrected chi connectivity index (χ2v) is 25.5. The summed E-state index contributed by atoms with van der Waals surface area (Å²) in [6.45, 7) is 34.3. The summed E-state index contributed by atoms with van der Waals surface area (Å²) < 4.78 is 129. The molecule has 0 aromatic heterocycles. The van der Waals surface area contributed by atoms with Crippen molar-refractivity contribution in [3.8, 4) is 0 Å². The number of alkyl halides is 10. The van der Waals surface area contributed by atoms with Crippen molar-refractivity contribution in [3.05, 3.63) is 0 Å². The van der Waals surface area contributed by atoms with E-state index in [4.69, 9.17) is 4.74 Å². The molecule has 1 saturated heterocycles. The van der Waals surface area contributed by atoms with Crippen LogP contribution in [0.4, 0.5) is 43.9 Å². The summed E-state index contributed by atoms with van der Waals surface area (Å²) in [4.78, 5) is 0. The lowest BCUT2D eigenvalue weighted by Gasteiger charge is -2.27. The Balaban J connectivity index is 0.000000390. The van der Waals surface area contributed by atoms with Crippen LogP contribution in [0.15, 0.2) is 0 Å². The van der Waals surface area contributed by atoms with E-state index in [1.54, 1.807) is 27.7 Å². The van der Waals surface area contributed by atoms with Gasteiger partial charge in [0.1, 0.15) is 24.2 Å². The molecule has 7 aliphatic carbocycles. The van der Waals surface area contributed by atoms with E-state index in [2.05, 4.69) is 55.4 Å². The van der Waals surface area contributed by atoms with Gasteiger partial charge in [0.25, 0.3) is 5.92 Å². The average Bonchev–Trinajstić information content (AvgIpc) is 3.95. The van der Waals surface area contributed by atoms with Crippen LogP contribution < -0.4 is 0 Å². The molecule has 8 aliphatic rings. The van der Waals surface area contributed by atoms with Gasteiger partial charge < -0.3 is 4.74 Å². The molecule has 1 nitrogen and oxygen atoms in total. The fourth-order valence-corrected chi connectivity index (χ4v) is 8.74. The Bertz CT molecular complexity index is 1240. The first-order valence-electron chi connectivity index (χ1n) is 27.5. The molecule has 8 rings (SSSR count). The van der Waals surface area contributed by atoms with Crippen molar-refractivity contribution >= 4 is 0 Å².